The van der Waals surface area contributed by atoms with Crippen LogP contribution in [0.3, 0.4) is 0 Å². The van der Waals surface area contributed by atoms with E-state index in [0.717, 1.165) is 12.1 Å². The van der Waals surface area contributed by atoms with Crippen molar-refractivity contribution < 1.29 is 0 Å². The van der Waals surface area contributed by atoms with E-state index in [2.05, 4.69) is 29.7 Å². The van der Waals surface area contributed by atoms with Gasteiger partial charge in [0.05, 0.1) is 11.6 Å². The molecule has 3 nitrogen and oxygen atoms in total. The SMILES string of the molecule is CC(CC1CCCN1)NCc1cccc(C#N)c1. The molecule has 2 unspecified atom stereocenters. The first-order chi connectivity index (χ1) is 8.78. The second-order valence-corrected chi connectivity index (χ2v) is 5.12. The first-order valence-electron chi connectivity index (χ1n) is 6.74. The summed E-state index contributed by atoms with van der Waals surface area (Å²) in [6.07, 6.45) is 3.79. The summed E-state index contributed by atoms with van der Waals surface area (Å²) in [5.74, 6) is 0. The van der Waals surface area contributed by atoms with E-state index < -0.39 is 0 Å². The van der Waals surface area contributed by atoms with Crippen LogP contribution in [0.4, 0.5) is 0 Å². The molecule has 0 spiro atoms. The highest BCUT2D eigenvalue weighted by Crippen LogP contribution is 2.11. The average molecular weight is 243 g/mol. The quantitative estimate of drug-likeness (QED) is 0.833. The molecule has 1 aliphatic rings. The van der Waals surface area contributed by atoms with Crippen LogP contribution in [0.1, 0.15) is 37.3 Å². The molecule has 0 aliphatic carbocycles. The Morgan fingerprint density at radius 2 is 2.44 bits per heavy atom. The molecule has 1 heterocycles. The van der Waals surface area contributed by atoms with Gasteiger partial charge < -0.3 is 10.6 Å². The predicted molar refractivity (Wildman–Crippen MR) is 73.1 cm³/mol. The van der Waals surface area contributed by atoms with Gasteiger partial charge in [0, 0.05) is 18.6 Å². The molecule has 2 N–H and O–H groups in total. The minimum Gasteiger partial charge on any atom is -0.314 e. The number of rotatable bonds is 5. The third-order valence-corrected chi connectivity index (χ3v) is 3.51. The molecule has 0 bridgehead atoms. The zero-order chi connectivity index (χ0) is 12.8. The van der Waals surface area contributed by atoms with Gasteiger partial charge in [0.1, 0.15) is 0 Å². The third-order valence-electron chi connectivity index (χ3n) is 3.51. The maximum atomic E-state index is 8.85. The summed E-state index contributed by atoms with van der Waals surface area (Å²) in [5, 5.41) is 15.9. The highest BCUT2D eigenvalue weighted by Gasteiger charge is 2.16. The fraction of sp³-hybridized carbons (Fsp3) is 0.533. The van der Waals surface area contributed by atoms with E-state index in [1.807, 2.05) is 18.2 Å². The number of nitrogens with zero attached hydrogens (tertiary/aromatic N) is 1. The fourth-order valence-corrected chi connectivity index (χ4v) is 2.51. The molecule has 1 aromatic carbocycles. The third kappa shape index (κ3) is 3.83. The van der Waals surface area contributed by atoms with E-state index in [4.69, 9.17) is 5.26 Å². The van der Waals surface area contributed by atoms with Gasteiger partial charge in [-0.15, -0.1) is 0 Å². The van der Waals surface area contributed by atoms with Crippen molar-refractivity contribution in [2.45, 2.75) is 44.8 Å². The van der Waals surface area contributed by atoms with Gasteiger partial charge in [-0.1, -0.05) is 12.1 Å². The summed E-state index contributed by atoms with van der Waals surface area (Å²) in [6, 6.07) is 11.2. The van der Waals surface area contributed by atoms with Crippen LogP contribution < -0.4 is 10.6 Å². The highest BCUT2D eigenvalue weighted by atomic mass is 15.0. The fourth-order valence-electron chi connectivity index (χ4n) is 2.51. The normalized spacial score (nSPS) is 20.6. The monoisotopic (exact) mass is 243 g/mol. The van der Waals surface area contributed by atoms with Gasteiger partial charge in [0.25, 0.3) is 0 Å². The lowest BCUT2D eigenvalue weighted by atomic mass is 10.1. The van der Waals surface area contributed by atoms with Crippen molar-refractivity contribution in [3.63, 3.8) is 0 Å². The Kier molecular flexibility index (Phi) is 4.74. The van der Waals surface area contributed by atoms with Crippen LogP contribution in [0, 0.1) is 11.3 Å². The van der Waals surface area contributed by atoms with E-state index in [-0.39, 0.29) is 0 Å². The molecule has 18 heavy (non-hydrogen) atoms. The summed E-state index contributed by atoms with van der Waals surface area (Å²) >= 11 is 0. The first kappa shape index (κ1) is 13.1. The molecule has 1 aliphatic heterocycles. The van der Waals surface area contributed by atoms with Crippen LogP contribution >= 0.6 is 0 Å². The van der Waals surface area contributed by atoms with Crippen LogP contribution in [0.2, 0.25) is 0 Å². The molecule has 1 aromatic rings. The Morgan fingerprint density at radius 1 is 1.56 bits per heavy atom. The molecule has 2 atom stereocenters. The summed E-state index contributed by atoms with van der Waals surface area (Å²) < 4.78 is 0. The lowest BCUT2D eigenvalue weighted by molar-refractivity contribution is 0.440. The first-order valence-corrected chi connectivity index (χ1v) is 6.74. The number of nitriles is 1. The standard InChI is InChI=1S/C15H21N3/c1-12(8-15-6-3-7-17-15)18-11-14-5-2-4-13(9-14)10-16/h2,4-5,9,12,15,17-18H,3,6-8,11H2,1H3. The number of hydrogen-bond acceptors (Lipinski definition) is 3. The molecule has 3 heteroatoms. The van der Waals surface area contributed by atoms with E-state index in [9.17, 15) is 0 Å². The largest absolute Gasteiger partial charge is 0.314 e. The van der Waals surface area contributed by atoms with Crippen LogP contribution in [0.5, 0.6) is 0 Å². The Bertz CT molecular complexity index is 416. The molecule has 96 valence electrons. The second kappa shape index (κ2) is 6.53. The van der Waals surface area contributed by atoms with Crippen molar-refractivity contribution in [1.29, 1.82) is 5.26 Å². The predicted octanol–water partition coefficient (Wildman–Crippen LogP) is 2.18. The number of nitrogens with one attached hydrogen (secondary N) is 2. The van der Waals surface area contributed by atoms with Gasteiger partial charge in [-0.3, -0.25) is 0 Å². The van der Waals surface area contributed by atoms with Crippen molar-refractivity contribution in [2.24, 2.45) is 0 Å². The molecular formula is C15H21N3. The number of benzene rings is 1. The maximum Gasteiger partial charge on any atom is 0.0991 e. The molecule has 0 amide bonds. The topological polar surface area (TPSA) is 47.8 Å². The Morgan fingerprint density at radius 3 is 3.17 bits per heavy atom. The van der Waals surface area contributed by atoms with Crippen molar-refractivity contribution in [3.8, 4) is 6.07 Å². The van der Waals surface area contributed by atoms with E-state index in [0.29, 0.717) is 12.1 Å². The molecule has 2 rings (SSSR count). The van der Waals surface area contributed by atoms with Crippen molar-refractivity contribution in [1.82, 2.24) is 10.6 Å². The molecular weight excluding hydrogens is 222 g/mol. The molecule has 1 saturated heterocycles. The number of hydrogen-bond donors (Lipinski definition) is 2. The van der Waals surface area contributed by atoms with Crippen molar-refractivity contribution >= 4 is 0 Å². The van der Waals surface area contributed by atoms with E-state index in [1.54, 1.807) is 0 Å². The zero-order valence-electron chi connectivity index (χ0n) is 10.9. The van der Waals surface area contributed by atoms with E-state index in [1.165, 1.54) is 31.4 Å². The summed E-state index contributed by atoms with van der Waals surface area (Å²) in [4.78, 5) is 0. The summed E-state index contributed by atoms with van der Waals surface area (Å²) in [5.41, 5.74) is 1.92. The minimum atomic E-state index is 0.506. The maximum absolute atomic E-state index is 8.85. The average Bonchev–Trinajstić information content (AvgIpc) is 2.89. The zero-order valence-corrected chi connectivity index (χ0v) is 10.9. The summed E-state index contributed by atoms with van der Waals surface area (Å²) in [6.45, 7) is 4.24. The molecule has 0 saturated carbocycles. The Labute approximate surface area is 109 Å². The van der Waals surface area contributed by atoms with Gasteiger partial charge in [0.15, 0.2) is 0 Å². The van der Waals surface area contributed by atoms with Gasteiger partial charge in [-0.05, 0) is 50.4 Å². The van der Waals surface area contributed by atoms with Crippen molar-refractivity contribution in [3.05, 3.63) is 35.4 Å². The van der Waals surface area contributed by atoms with Crippen LogP contribution in [0.25, 0.3) is 0 Å². The van der Waals surface area contributed by atoms with Crippen LogP contribution in [0.15, 0.2) is 24.3 Å². The lowest BCUT2D eigenvalue weighted by Gasteiger charge is -2.18. The smallest absolute Gasteiger partial charge is 0.0991 e. The minimum absolute atomic E-state index is 0.506. The van der Waals surface area contributed by atoms with Crippen LogP contribution in [-0.4, -0.2) is 18.6 Å². The van der Waals surface area contributed by atoms with Crippen molar-refractivity contribution in [2.75, 3.05) is 6.54 Å². The Balaban J connectivity index is 1.77. The van der Waals surface area contributed by atoms with Crippen LogP contribution in [-0.2, 0) is 6.54 Å². The van der Waals surface area contributed by atoms with E-state index >= 15 is 0 Å². The Hall–Kier alpha value is -1.37. The van der Waals surface area contributed by atoms with Gasteiger partial charge in [-0.25, -0.2) is 0 Å². The van der Waals surface area contributed by atoms with Gasteiger partial charge >= 0.3 is 0 Å². The second-order valence-electron chi connectivity index (χ2n) is 5.12. The highest BCUT2D eigenvalue weighted by molar-refractivity contribution is 5.32. The molecule has 0 radical (unpaired) electrons. The molecule has 0 aromatic heterocycles. The van der Waals surface area contributed by atoms with Gasteiger partial charge in [-0.2, -0.15) is 5.26 Å². The summed E-state index contributed by atoms with van der Waals surface area (Å²) in [7, 11) is 0. The molecule has 1 fully saturated rings. The lowest BCUT2D eigenvalue weighted by Crippen LogP contribution is -2.33. The van der Waals surface area contributed by atoms with Gasteiger partial charge in [0.2, 0.25) is 0 Å².